The summed E-state index contributed by atoms with van der Waals surface area (Å²) in [6, 6.07) is 0. The van der Waals surface area contributed by atoms with Gasteiger partial charge in [-0.25, -0.2) is 0 Å². The molecule has 2 rings (SSSR count). The Kier molecular flexibility index (Phi) is 5.01. The number of carbonyl (C=O) groups is 1. The Labute approximate surface area is 110 Å². The van der Waals surface area contributed by atoms with Gasteiger partial charge in [-0.3, -0.25) is 9.69 Å². The molecule has 1 saturated carbocycles. The molecule has 1 saturated heterocycles. The molecule has 0 bridgehead atoms. The van der Waals surface area contributed by atoms with Crippen LogP contribution in [0.15, 0.2) is 0 Å². The highest BCUT2D eigenvalue weighted by atomic mass is 16.3. The van der Waals surface area contributed by atoms with Gasteiger partial charge in [-0.15, -0.1) is 0 Å². The van der Waals surface area contributed by atoms with E-state index in [1.165, 1.54) is 12.8 Å². The second-order valence-corrected chi connectivity index (χ2v) is 5.67. The van der Waals surface area contributed by atoms with E-state index in [9.17, 15) is 9.90 Å². The van der Waals surface area contributed by atoms with Crippen LogP contribution in [0.3, 0.4) is 0 Å². The summed E-state index contributed by atoms with van der Waals surface area (Å²) in [5, 5.41) is 9.64. The first-order chi connectivity index (χ1) is 8.70. The topological polar surface area (TPSA) is 43.8 Å². The Bertz CT molecular complexity index is 269. The van der Waals surface area contributed by atoms with Crippen molar-refractivity contribution in [2.24, 2.45) is 5.92 Å². The number of aliphatic hydroxyl groups excluding tert-OH is 1. The van der Waals surface area contributed by atoms with Gasteiger partial charge < -0.3 is 10.0 Å². The molecule has 4 heteroatoms. The van der Waals surface area contributed by atoms with Crippen LogP contribution in [0.2, 0.25) is 0 Å². The summed E-state index contributed by atoms with van der Waals surface area (Å²) in [6.07, 6.45) is 5.21. The molecule has 1 amide bonds. The Morgan fingerprint density at radius 1 is 1.22 bits per heavy atom. The van der Waals surface area contributed by atoms with Crippen LogP contribution < -0.4 is 0 Å². The van der Waals surface area contributed by atoms with Gasteiger partial charge in [0.1, 0.15) is 0 Å². The van der Waals surface area contributed by atoms with Crippen LogP contribution in [-0.4, -0.2) is 59.6 Å². The maximum absolute atomic E-state index is 12.2. The van der Waals surface area contributed by atoms with Crippen LogP contribution in [-0.2, 0) is 4.79 Å². The fourth-order valence-electron chi connectivity index (χ4n) is 3.01. The lowest BCUT2D eigenvalue weighted by Crippen LogP contribution is -2.51. The minimum absolute atomic E-state index is 0.220. The lowest BCUT2D eigenvalue weighted by atomic mass is 10.1. The smallest absolute Gasteiger partial charge is 0.225 e. The molecular weight excluding hydrogens is 228 g/mol. The third-order valence-corrected chi connectivity index (χ3v) is 4.33. The predicted molar refractivity (Wildman–Crippen MR) is 71.3 cm³/mol. The monoisotopic (exact) mass is 254 g/mol. The minimum Gasteiger partial charge on any atom is -0.392 e. The molecule has 0 aromatic carbocycles. The predicted octanol–water partition coefficient (Wildman–Crippen LogP) is 1.09. The normalized spacial score (nSPS) is 24.4. The van der Waals surface area contributed by atoms with Gasteiger partial charge in [-0.05, 0) is 19.3 Å². The van der Waals surface area contributed by atoms with Crippen molar-refractivity contribution in [3.05, 3.63) is 0 Å². The van der Waals surface area contributed by atoms with Gasteiger partial charge in [0.05, 0.1) is 6.10 Å². The van der Waals surface area contributed by atoms with Gasteiger partial charge in [-0.1, -0.05) is 19.8 Å². The first-order valence-electron chi connectivity index (χ1n) is 7.40. The average Bonchev–Trinajstić information content (AvgIpc) is 2.92. The molecule has 1 atom stereocenters. The highest BCUT2D eigenvalue weighted by molar-refractivity contribution is 5.79. The molecule has 0 aromatic rings. The minimum atomic E-state index is -0.220. The van der Waals surface area contributed by atoms with Crippen LogP contribution in [0.1, 0.15) is 39.0 Å². The van der Waals surface area contributed by atoms with E-state index in [4.69, 9.17) is 0 Å². The molecule has 1 heterocycles. The van der Waals surface area contributed by atoms with Crippen LogP contribution in [0.25, 0.3) is 0 Å². The van der Waals surface area contributed by atoms with Crippen molar-refractivity contribution >= 4 is 5.91 Å². The van der Waals surface area contributed by atoms with E-state index in [1.54, 1.807) is 0 Å². The number of carbonyl (C=O) groups excluding carboxylic acids is 1. The maximum Gasteiger partial charge on any atom is 0.225 e. The van der Waals surface area contributed by atoms with Crippen LogP contribution in [0, 0.1) is 5.92 Å². The molecule has 104 valence electrons. The summed E-state index contributed by atoms with van der Waals surface area (Å²) in [4.78, 5) is 16.5. The molecule has 0 aromatic heterocycles. The maximum atomic E-state index is 12.2. The average molecular weight is 254 g/mol. The van der Waals surface area contributed by atoms with Gasteiger partial charge in [0.25, 0.3) is 0 Å². The molecule has 1 N–H and O–H groups in total. The number of rotatable bonds is 4. The number of β-amino-alcohol motifs (C(OH)–C–C–N with tert-alkyl or cyclic N) is 1. The molecule has 0 spiro atoms. The number of piperazine rings is 1. The Morgan fingerprint density at radius 3 is 2.39 bits per heavy atom. The van der Waals surface area contributed by atoms with E-state index in [0.29, 0.717) is 11.8 Å². The highest BCUT2D eigenvalue weighted by Crippen LogP contribution is 2.26. The largest absolute Gasteiger partial charge is 0.392 e. The van der Waals surface area contributed by atoms with E-state index in [1.807, 2.05) is 11.8 Å². The summed E-state index contributed by atoms with van der Waals surface area (Å²) in [7, 11) is 0. The zero-order chi connectivity index (χ0) is 13.0. The Morgan fingerprint density at radius 2 is 1.83 bits per heavy atom. The van der Waals surface area contributed by atoms with Gasteiger partial charge in [-0.2, -0.15) is 0 Å². The molecule has 2 aliphatic rings. The summed E-state index contributed by atoms with van der Waals surface area (Å²) >= 11 is 0. The third kappa shape index (κ3) is 3.45. The van der Waals surface area contributed by atoms with E-state index >= 15 is 0 Å². The first-order valence-corrected chi connectivity index (χ1v) is 7.40. The van der Waals surface area contributed by atoms with E-state index in [0.717, 1.165) is 52.0 Å². The van der Waals surface area contributed by atoms with Crippen LogP contribution in [0.5, 0.6) is 0 Å². The molecule has 1 aliphatic heterocycles. The lowest BCUT2D eigenvalue weighted by molar-refractivity contribution is -0.137. The lowest BCUT2D eigenvalue weighted by Gasteiger charge is -2.36. The number of hydrogen-bond donors (Lipinski definition) is 1. The highest BCUT2D eigenvalue weighted by Gasteiger charge is 2.29. The van der Waals surface area contributed by atoms with Crippen molar-refractivity contribution in [2.75, 3.05) is 32.7 Å². The van der Waals surface area contributed by atoms with Crippen molar-refractivity contribution in [1.29, 1.82) is 0 Å². The summed E-state index contributed by atoms with van der Waals surface area (Å²) in [6.45, 7) is 6.26. The van der Waals surface area contributed by atoms with Gasteiger partial charge in [0, 0.05) is 38.6 Å². The molecule has 18 heavy (non-hydrogen) atoms. The number of hydrogen-bond acceptors (Lipinski definition) is 3. The van der Waals surface area contributed by atoms with E-state index < -0.39 is 0 Å². The molecule has 4 nitrogen and oxygen atoms in total. The summed E-state index contributed by atoms with van der Waals surface area (Å²) < 4.78 is 0. The van der Waals surface area contributed by atoms with Crippen molar-refractivity contribution in [3.8, 4) is 0 Å². The van der Waals surface area contributed by atoms with Crippen molar-refractivity contribution in [2.45, 2.75) is 45.1 Å². The number of amides is 1. The molecular formula is C14H26N2O2. The van der Waals surface area contributed by atoms with Crippen molar-refractivity contribution in [3.63, 3.8) is 0 Å². The summed E-state index contributed by atoms with van der Waals surface area (Å²) in [5.74, 6) is 0.681. The number of aliphatic hydroxyl groups is 1. The van der Waals surface area contributed by atoms with Crippen LogP contribution in [0.4, 0.5) is 0 Å². The van der Waals surface area contributed by atoms with Crippen molar-refractivity contribution in [1.82, 2.24) is 9.80 Å². The number of nitrogens with zero attached hydrogens (tertiary/aromatic N) is 2. The van der Waals surface area contributed by atoms with Crippen molar-refractivity contribution < 1.29 is 9.90 Å². The third-order valence-electron chi connectivity index (χ3n) is 4.33. The second kappa shape index (κ2) is 6.53. The summed E-state index contributed by atoms with van der Waals surface area (Å²) in [5.41, 5.74) is 0. The second-order valence-electron chi connectivity index (χ2n) is 5.67. The first kappa shape index (κ1) is 13.8. The molecule has 2 fully saturated rings. The van der Waals surface area contributed by atoms with Gasteiger partial charge in [0.2, 0.25) is 5.91 Å². The standard InChI is InChI=1S/C14H26N2O2/c1-2-13(17)11-15-7-9-16(10-8-15)14(18)12-5-3-4-6-12/h12-13,17H,2-11H2,1H3/t13-/m0/s1. The molecule has 0 radical (unpaired) electrons. The Hall–Kier alpha value is -0.610. The SMILES string of the molecule is CC[C@H](O)CN1CCN(C(=O)C2CCCC2)CC1. The van der Waals surface area contributed by atoms with Gasteiger partial charge in [0.15, 0.2) is 0 Å². The van der Waals surface area contributed by atoms with Gasteiger partial charge >= 0.3 is 0 Å². The fourth-order valence-corrected chi connectivity index (χ4v) is 3.01. The Balaban J connectivity index is 1.74. The molecule has 1 aliphatic carbocycles. The van der Waals surface area contributed by atoms with Crippen LogP contribution >= 0.6 is 0 Å². The fraction of sp³-hybridized carbons (Fsp3) is 0.929. The van der Waals surface area contributed by atoms with E-state index in [-0.39, 0.29) is 6.10 Å². The molecule has 0 unspecified atom stereocenters. The van der Waals surface area contributed by atoms with E-state index in [2.05, 4.69) is 4.90 Å². The zero-order valence-electron chi connectivity index (χ0n) is 11.5. The quantitative estimate of drug-likeness (QED) is 0.817. The zero-order valence-corrected chi connectivity index (χ0v) is 11.5.